The first-order valence-electron chi connectivity index (χ1n) is 4.68. The molecule has 13 heavy (non-hydrogen) atoms. The summed E-state index contributed by atoms with van der Waals surface area (Å²) in [5, 5.41) is 6.72. The normalized spacial score (nSPS) is 15.2. The predicted molar refractivity (Wildman–Crippen MR) is 54.9 cm³/mol. The Labute approximate surface area is 109 Å². The molecule has 0 saturated carbocycles. The Balaban J connectivity index is 0. The standard InChI is InChI=1S/C10H22N2.Y/c1-6-7-11-9(4)10(5)12-8(2)3;/h6,8-12H,4,7H2,1-3,5H3;/q-2;/t9-,10+;/m0./s1. The SMILES string of the molecule is [CH2-][C@H](NC[CH-]C)[C@@H](C)NC(C)C.[Y]. The maximum atomic E-state index is 4.03. The smallest absolute Gasteiger partial charge is 0.00124 e. The molecule has 3 heteroatoms. The molecule has 0 fully saturated rings. The van der Waals surface area contributed by atoms with Gasteiger partial charge in [0, 0.05) is 38.8 Å². The Hall–Kier alpha value is 1.02. The van der Waals surface area contributed by atoms with E-state index >= 15 is 0 Å². The van der Waals surface area contributed by atoms with Crippen molar-refractivity contribution in [1.82, 2.24) is 10.6 Å². The van der Waals surface area contributed by atoms with Gasteiger partial charge in [-0.05, 0) is 6.04 Å². The first-order chi connectivity index (χ1) is 5.57. The fraction of sp³-hybridized carbons (Fsp3) is 0.800. The second kappa shape index (κ2) is 9.57. The first kappa shape index (κ1) is 16.5. The molecule has 2 atom stereocenters. The minimum atomic E-state index is 0. The Morgan fingerprint density at radius 3 is 2.23 bits per heavy atom. The van der Waals surface area contributed by atoms with Crippen LogP contribution in [0.3, 0.4) is 0 Å². The third kappa shape index (κ3) is 9.33. The molecule has 0 aromatic rings. The summed E-state index contributed by atoms with van der Waals surface area (Å²) in [6, 6.07) is 1.23. The maximum absolute atomic E-state index is 4.03. The molecule has 0 aliphatic carbocycles. The Kier molecular flexibility index (Phi) is 12.1. The Morgan fingerprint density at radius 2 is 1.85 bits per heavy atom. The van der Waals surface area contributed by atoms with Crippen molar-refractivity contribution in [3.05, 3.63) is 13.3 Å². The fourth-order valence-electron chi connectivity index (χ4n) is 1.09. The predicted octanol–water partition coefficient (Wildman–Crippen LogP) is 1.39. The van der Waals surface area contributed by atoms with Crippen molar-refractivity contribution in [3.8, 4) is 0 Å². The fourth-order valence-corrected chi connectivity index (χ4v) is 1.09. The number of hydrogen-bond donors (Lipinski definition) is 2. The van der Waals surface area contributed by atoms with Gasteiger partial charge in [0.05, 0.1) is 0 Å². The maximum Gasteiger partial charge on any atom is 0.00124 e. The molecule has 1 radical (unpaired) electrons. The van der Waals surface area contributed by atoms with Crippen LogP contribution < -0.4 is 10.6 Å². The molecule has 0 unspecified atom stereocenters. The molecule has 2 nitrogen and oxygen atoms in total. The van der Waals surface area contributed by atoms with E-state index < -0.39 is 0 Å². The minimum Gasteiger partial charge on any atom is -0.371 e. The minimum absolute atomic E-state index is 0. The third-order valence-corrected chi connectivity index (χ3v) is 1.78. The summed E-state index contributed by atoms with van der Waals surface area (Å²) < 4.78 is 0. The van der Waals surface area contributed by atoms with Crippen molar-refractivity contribution in [1.29, 1.82) is 0 Å². The number of nitrogens with one attached hydrogen (secondary N) is 2. The van der Waals surface area contributed by atoms with Crippen molar-refractivity contribution in [2.45, 2.75) is 45.8 Å². The molecule has 0 amide bonds. The van der Waals surface area contributed by atoms with E-state index in [1.807, 2.05) is 6.92 Å². The molecule has 77 valence electrons. The summed E-state index contributed by atoms with van der Waals surface area (Å²) in [6.07, 6.45) is 2.10. The van der Waals surface area contributed by atoms with Gasteiger partial charge in [-0.1, -0.05) is 20.8 Å². The van der Waals surface area contributed by atoms with Gasteiger partial charge < -0.3 is 24.0 Å². The Morgan fingerprint density at radius 1 is 1.31 bits per heavy atom. The van der Waals surface area contributed by atoms with E-state index in [0.29, 0.717) is 12.1 Å². The topological polar surface area (TPSA) is 24.1 Å². The molecular weight excluding hydrogens is 237 g/mol. The average molecular weight is 259 g/mol. The van der Waals surface area contributed by atoms with Crippen LogP contribution in [-0.4, -0.2) is 24.7 Å². The van der Waals surface area contributed by atoms with E-state index in [2.05, 4.69) is 44.7 Å². The van der Waals surface area contributed by atoms with E-state index in [9.17, 15) is 0 Å². The molecule has 0 spiro atoms. The van der Waals surface area contributed by atoms with Gasteiger partial charge in [-0.15, -0.1) is 12.6 Å². The van der Waals surface area contributed by atoms with Crippen molar-refractivity contribution in [3.63, 3.8) is 0 Å². The molecular formula is C10H22N2Y-2. The second-order valence-corrected chi connectivity index (χ2v) is 3.53. The van der Waals surface area contributed by atoms with Gasteiger partial charge in [0.1, 0.15) is 0 Å². The van der Waals surface area contributed by atoms with Gasteiger partial charge in [0.15, 0.2) is 0 Å². The summed E-state index contributed by atoms with van der Waals surface area (Å²) in [5.74, 6) is 0. The van der Waals surface area contributed by atoms with Gasteiger partial charge in [-0.25, -0.2) is 0 Å². The van der Waals surface area contributed by atoms with Crippen LogP contribution in [0.2, 0.25) is 0 Å². The number of rotatable bonds is 6. The monoisotopic (exact) mass is 259 g/mol. The van der Waals surface area contributed by atoms with Crippen molar-refractivity contribution in [2.24, 2.45) is 0 Å². The van der Waals surface area contributed by atoms with Crippen LogP contribution in [0.25, 0.3) is 0 Å². The molecule has 0 aliphatic heterocycles. The van der Waals surface area contributed by atoms with Gasteiger partial charge in [-0.3, -0.25) is 0 Å². The Bertz CT molecular complexity index is 107. The van der Waals surface area contributed by atoms with Crippen molar-refractivity contribution >= 4 is 0 Å². The molecule has 0 aromatic heterocycles. The van der Waals surface area contributed by atoms with Gasteiger partial charge in [-0.2, -0.15) is 6.92 Å². The first-order valence-corrected chi connectivity index (χ1v) is 4.68. The summed E-state index contributed by atoms with van der Waals surface area (Å²) >= 11 is 0. The van der Waals surface area contributed by atoms with E-state index in [0.717, 1.165) is 6.54 Å². The van der Waals surface area contributed by atoms with Crippen molar-refractivity contribution in [2.75, 3.05) is 6.54 Å². The number of hydrogen-bond acceptors (Lipinski definition) is 2. The van der Waals surface area contributed by atoms with Crippen LogP contribution in [-0.2, 0) is 32.7 Å². The van der Waals surface area contributed by atoms with Gasteiger partial charge >= 0.3 is 0 Å². The van der Waals surface area contributed by atoms with E-state index in [4.69, 9.17) is 0 Å². The molecule has 0 heterocycles. The molecule has 0 bridgehead atoms. The molecule has 0 aliphatic rings. The van der Waals surface area contributed by atoms with Gasteiger partial charge in [0.2, 0.25) is 0 Å². The average Bonchev–Trinajstić information content (AvgIpc) is 1.98. The van der Waals surface area contributed by atoms with Crippen LogP contribution >= 0.6 is 0 Å². The molecule has 0 rings (SSSR count). The molecule has 0 saturated heterocycles. The second-order valence-electron chi connectivity index (χ2n) is 3.53. The zero-order valence-corrected chi connectivity index (χ0v) is 12.1. The van der Waals surface area contributed by atoms with Crippen molar-refractivity contribution < 1.29 is 32.7 Å². The van der Waals surface area contributed by atoms with Gasteiger partial charge in [0.25, 0.3) is 0 Å². The van der Waals surface area contributed by atoms with Crippen LogP contribution in [0.4, 0.5) is 0 Å². The molecule has 0 aromatic carbocycles. The van der Waals surface area contributed by atoms with Crippen LogP contribution in [0.5, 0.6) is 0 Å². The third-order valence-electron chi connectivity index (χ3n) is 1.78. The van der Waals surface area contributed by atoms with Crippen LogP contribution in [0.1, 0.15) is 27.7 Å². The largest absolute Gasteiger partial charge is 0.371 e. The quantitative estimate of drug-likeness (QED) is 0.704. The van der Waals surface area contributed by atoms with Crippen LogP contribution in [0, 0.1) is 13.3 Å². The summed E-state index contributed by atoms with van der Waals surface area (Å²) in [5.41, 5.74) is 0. The van der Waals surface area contributed by atoms with Crippen LogP contribution in [0.15, 0.2) is 0 Å². The zero-order chi connectivity index (χ0) is 9.56. The molecule has 2 N–H and O–H groups in total. The summed E-state index contributed by atoms with van der Waals surface area (Å²) in [6.45, 7) is 13.5. The summed E-state index contributed by atoms with van der Waals surface area (Å²) in [7, 11) is 0. The zero-order valence-electron chi connectivity index (χ0n) is 9.30. The van der Waals surface area contributed by atoms with E-state index in [1.165, 1.54) is 0 Å². The summed E-state index contributed by atoms with van der Waals surface area (Å²) in [4.78, 5) is 0. The van der Waals surface area contributed by atoms with E-state index in [1.54, 1.807) is 0 Å². The van der Waals surface area contributed by atoms with E-state index in [-0.39, 0.29) is 38.8 Å².